The van der Waals surface area contributed by atoms with Gasteiger partial charge in [-0.1, -0.05) is 0 Å². The van der Waals surface area contributed by atoms with Gasteiger partial charge in [0.05, 0.1) is 18.7 Å². The van der Waals surface area contributed by atoms with Gasteiger partial charge in [-0.2, -0.15) is 0 Å². The molecule has 19 heavy (non-hydrogen) atoms. The number of carbonyl (C=O) groups excluding carboxylic acids is 1. The number of aromatic nitrogens is 1. The number of aryl methyl sites for hydroxylation is 2. The molecule has 0 unspecified atom stereocenters. The molecule has 0 amide bonds. The molecule has 0 saturated carbocycles. The van der Waals surface area contributed by atoms with Crippen molar-refractivity contribution in [2.45, 2.75) is 27.3 Å². The molecular formula is C13H16N2O2S2. The van der Waals surface area contributed by atoms with Crippen molar-refractivity contribution in [2.24, 2.45) is 0 Å². The van der Waals surface area contributed by atoms with E-state index in [0.29, 0.717) is 18.8 Å². The van der Waals surface area contributed by atoms with Crippen molar-refractivity contribution in [3.63, 3.8) is 0 Å². The van der Waals surface area contributed by atoms with E-state index >= 15 is 0 Å². The molecule has 0 radical (unpaired) electrons. The Labute approximate surface area is 120 Å². The van der Waals surface area contributed by atoms with E-state index in [1.807, 2.05) is 0 Å². The normalized spacial score (nSPS) is 10.5. The zero-order valence-corrected chi connectivity index (χ0v) is 12.8. The number of ether oxygens (including phenoxy) is 1. The van der Waals surface area contributed by atoms with Gasteiger partial charge in [-0.15, -0.1) is 22.7 Å². The van der Waals surface area contributed by atoms with Crippen molar-refractivity contribution in [1.29, 1.82) is 0 Å². The average Bonchev–Trinajstić information content (AvgIpc) is 2.95. The minimum Gasteiger partial charge on any atom is -0.461 e. The van der Waals surface area contributed by atoms with Crippen molar-refractivity contribution in [3.05, 3.63) is 32.6 Å². The van der Waals surface area contributed by atoms with Crippen molar-refractivity contribution in [3.8, 4) is 0 Å². The van der Waals surface area contributed by atoms with Crippen molar-refractivity contribution in [2.75, 3.05) is 11.9 Å². The zero-order valence-electron chi connectivity index (χ0n) is 11.1. The van der Waals surface area contributed by atoms with Gasteiger partial charge in [-0.3, -0.25) is 0 Å². The van der Waals surface area contributed by atoms with Crippen LogP contribution in [0, 0.1) is 13.8 Å². The summed E-state index contributed by atoms with van der Waals surface area (Å²) in [4.78, 5) is 18.3. The quantitative estimate of drug-likeness (QED) is 0.856. The second kappa shape index (κ2) is 6.16. The van der Waals surface area contributed by atoms with E-state index in [0.717, 1.165) is 5.00 Å². The standard InChI is InChI=1S/C13H16N2O2S2/c1-4-17-13(16)11-12(18-7-15-11)14-6-10-5-8(2)9(3)19-10/h5,7,14H,4,6H2,1-3H3. The highest BCUT2D eigenvalue weighted by Gasteiger charge is 2.16. The summed E-state index contributed by atoms with van der Waals surface area (Å²) in [5, 5.41) is 4.02. The lowest BCUT2D eigenvalue weighted by atomic mass is 10.3. The van der Waals surface area contributed by atoms with Gasteiger partial charge in [0.1, 0.15) is 5.00 Å². The number of carbonyl (C=O) groups is 1. The molecule has 4 nitrogen and oxygen atoms in total. The summed E-state index contributed by atoms with van der Waals surface area (Å²) in [6.07, 6.45) is 0. The number of thiophene rings is 1. The predicted octanol–water partition coefficient (Wildman–Crippen LogP) is 3.61. The molecule has 0 atom stereocenters. The molecule has 6 heteroatoms. The number of nitrogens with one attached hydrogen (secondary N) is 1. The lowest BCUT2D eigenvalue weighted by Crippen LogP contribution is -2.08. The van der Waals surface area contributed by atoms with Crippen LogP contribution < -0.4 is 5.32 Å². The molecule has 0 aliphatic rings. The second-order valence-corrected chi connectivity index (χ2v) is 6.25. The molecule has 0 bridgehead atoms. The fourth-order valence-electron chi connectivity index (χ4n) is 1.62. The molecule has 1 N–H and O–H groups in total. The van der Waals surface area contributed by atoms with Gasteiger partial charge in [0.15, 0.2) is 5.69 Å². The molecule has 0 spiro atoms. The average molecular weight is 296 g/mol. The van der Waals surface area contributed by atoms with E-state index in [9.17, 15) is 4.79 Å². The van der Waals surface area contributed by atoms with E-state index in [4.69, 9.17) is 4.74 Å². The first-order chi connectivity index (χ1) is 9.11. The first kappa shape index (κ1) is 14.0. The topological polar surface area (TPSA) is 51.2 Å². The number of hydrogen-bond acceptors (Lipinski definition) is 6. The molecule has 2 aromatic heterocycles. The van der Waals surface area contributed by atoms with Gasteiger partial charge >= 0.3 is 5.97 Å². The van der Waals surface area contributed by atoms with Crippen LogP contribution in [0.5, 0.6) is 0 Å². The Morgan fingerprint density at radius 2 is 2.26 bits per heavy atom. The van der Waals surface area contributed by atoms with Gasteiger partial charge in [0.25, 0.3) is 0 Å². The van der Waals surface area contributed by atoms with E-state index in [-0.39, 0.29) is 5.97 Å². The van der Waals surface area contributed by atoms with E-state index in [1.54, 1.807) is 23.8 Å². The summed E-state index contributed by atoms with van der Waals surface area (Å²) in [5.74, 6) is -0.371. The number of hydrogen-bond donors (Lipinski definition) is 1. The SMILES string of the molecule is CCOC(=O)c1ncsc1NCc1cc(C)c(C)s1. The van der Waals surface area contributed by atoms with Gasteiger partial charge in [0, 0.05) is 9.75 Å². The minimum atomic E-state index is -0.371. The maximum Gasteiger partial charge on any atom is 0.360 e. The maximum absolute atomic E-state index is 11.7. The largest absolute Gasteiger partial charge is 0.461 e. The van der Waals surface area contributed by atoms with Gasteiger partial charge in [0.2, 0.25) is 0 Å². The van der Waals surface area contributed by atoms with Crippen LogP contribution in [0.25, 0.3) is 0 Å². The molecule has 2 rings (SSSR count). The third kappa shape index (κ3) is 3.33. The molecule has 0 aromatic carbocycles. The van der Waals surface area contributed by atoms with Crippen molar-refractivity contribution < 1.29 is 9.53 Å². The highest BCUT2D eigenvalue weighted by Crippen LogP contribution is 2.25. The Kier molecular flexibility index (Phi) is 4.55. The molecule has 0 aliphatic carbocycles. The zero-order chi connectivity index (χ0) is 13.8. The van der Waals surface area contributed by atoms with Crippen LogP contribution in [-0.2, 0) is 11.3 Å². The fourth-order valence-corrected chi connectivity index (χ4v) is 3.28. The maximum atomic E-state index is 11.7. The summed E-state index contributed by atoms with van der Waals surface area (Å²) in [6.45, 7) is 7.06. The first-order valence-corrected chi connectivity index (χ1v) is 7.71. The first-order valence-electron chi connectivity index (χ1n) is 6.02. The van der Waals surface area contributed by atoms with Crippen molar-refractivity contribution in [1.82, 2.24) is 4.98 Å². The third-order valence-corrected chi connectivity index (χ3v) is 4.61. The van der Waals surface area contributed by atoms with Crippen LogP contribution in [0.2, 0.25) is 0 Å². The van der Waals surface area contributed by atoms with Crippen molar-refractivity contribution >= 4 is 33.6 Å². The molecule has 0 fully saturated rings. The third-order valence-electron chi connectivity index (χ3n) is 2.68. The molecule has 102 valence electrons. The van der Waals surface area contributed by atoms with E-state index in [2.05, 4.69) is 30.2 Å². The molecular weight excluding hydrogens is 280 g/mol. The van der Waals surface area contributed by atoms with E-state index in [1.165, 1.54) is 26.7 Å². The Hall–Kier alpha value is -1.40. The molecule has 0 aliphatic heterocycles. The lowest BCUT2D eigenvalue weighted by molar-refractivity contribution is 0.0521. The Bertz CT molecular complexity index is 555. The number of anilines is 1. The van der Waals surface area contributed by atoms with Crippen LogP contribution in [0.3, 0.4) is 0 Å². The lowest BCUT2D eigenvalue weighted by Gasteiger charge is -2.04. The summed E-state index contributed by atoms with van der Waals surface area (Å²) < 4.78 is 4.97. The number of rotatable bonds is 5. The summed E-state index contributed by atoms with van der Waals surface area (Å²) in [5.41, 5.74) is 3.33. The Morgan fingerprint density at radius 3 is 2.89 bits per heavy atom. The Balaban J connectivity index is 2.04. The molecule has 2 heterocycles. The highest BCUT2D eigenvalue weighted by atomic mass is 32.1. The van der Waals surface area contributed by atoms with Crippen LogP contribution in [0.15, 0.2) is 11.6 Å². The van der Waals surface area contributed by atoms with E-state index < -0.39 is 0 Å². The summed E-state index contributed by atoms with van der Waals surface area (Å²) in [6, 6.07) is 2.16. The molecule has 2 aromatic rings. The van der Waals surface area contributed by atoms with Gasteiger partial charge < -0.3 is 10.1 Å². The number of nitrogens with zero attached hydrogens (tertiary/aromatic N) is 1. The Morgan fingerprint density at radius 1 is 1.47 bits per heavy atom. The predicted molar refractivity (Wildman–Crippen MR) is 79.2 cm³/mol. The minimum absolute atomic E-state index is 0.360. The van der Waals surface area contributed by atoms with Gasteiger partial charge in [-0.25, -0.2) is 9.78 Å². The smallest absolute Gasteiger partial charge is 0.360 e. The number of thiazole rings is 1. The van der Waals surface area contributed by atoms with Crippen LogP contribution >= 0.6 is 22.7 Å². The summed E-state index contributed by atoms with van der Waals surface area (Å²) >= 11 is 3.18. The summed E-state index contributed by atoms with van der Waals surface area (Å²) in [7, 11) is 0. The number of esters is 1. The van der Waals surface area contributed by atoms with Crippen LogP contribution in [0.4, 0.5) is 5.00 Å². The second-order valence-electron chi connectivity index (χ2n) is 4.06. The molecule has 0 saturated heterocycles. The highest BCUT2D eigenvalue weighted by molar-refractivity contribution is 7.14. The monoisotopic (exact) mass is 296 g/mol. The van der Waals surface area contributed by atoms with Crippen LogP contribution in [-0.4, -0.2) is 17.6 Å². The fraction of sp³-hybridized carbons (Fsp3) is 0.385. The van der Waals surface area contributed by atoms with Crippen LogP contribution in [0.1, 0.15) is 32.7 Å². The van der Waals surface area contributed by atoms with Gasteiger partial charge in [-0.05, 0) is 32.4 Å².